The summed E-state index contributed by atoms with van der Waals surface area (Å²) in [6.45, 7) is 0. The van der Waals surface area contributed by atoms with Crippen molar-refractivity contribution in [2.75, 3.05) is 5.32 Å². The molecule has 0 radical (unpaired) electrons. The molecule has 0 saturated heterocycles. The van der Waals surface area contributed by atoms with Gasteiger partial charge in [-0.15, -0.1) is 13.2 Å². The lowest BCUT2D eigenvalue weighted by Crippen LogP contribution is -2.17. The normalized spacial score (nSPS) is 15.7. The predicted octanol–water partition coefficient (Wildman–Crippen LogP) is 2.31. The van der Waals surface area contributed by atoms with Crippen LogP contribution in [0.3, 0.4) is 0 Å². The van der Waals surface area contributed by atoms with Gasteiger partial charge < -0.3 is 10.1 Å². The van der Waals surface area contributed by atoms with Crippen molar-refractivity contribution in [1.29, 1.82) is 0 Å². The van der Waals surface area contributed by atoms with Crippen molar-refractivity contribution in [2.45, 2.75) is 11.3 Å². The van der Waals surface area contributed by atoms with Gasteiger partial charge in [-0.2, -0.15) is 0 Å². The van der Waals surface area contributed by atoms with Crippen LogP contribution in [0.15, 0.2) is 52.4 Å². The highest BCUT2D eigenvalue weighted by Crippen LogP contribution is 2.32. The van der Waals surface area contributed by atoms with Crippen LogP contribution in [0.4, 0.5) is 24.5 Å². The van der Waals surface area contributed by atoms with E-state index >= 15 is 0 Å². The summed E-state index contributed by atoms with van der Waals surface area (Å²) < 4.78 is 63.4. The number of benzene rings is 2. The zero-order valence-electron chi connectivity index (χ0n) is 12.7. The van der Waals surface area contributed by atoms with Crippen LogP contribution in [-0.2, 0) is 14.8 Å². The molecule has 0 saturated carbocycles. The molecule has 0 unspecified atom stereocenters. The van der Waals surface area contributed by atoms with E-state index in [2.05, 4.69) is 15.0 Å². The number of primary sulfonamides is 1. The summed E-state index contributed by atoms with van der Waals surface area (Å²) in [6.07, 6.45) is -4.87. The fourth-order valence-electron chi connectivity index (χ4n) is 2.28. The number of ether oxygens (including phenoxy) is 1. The smallest absolute Gasteiger partial charge is 0.406 e. The molecule has 136 valence electrons. The number of amides is 1. The van der Waals surface area contributed by atoms with Gasteiger partial charge in [-0.25, -0.2) is 18.5 Å². The monoisotopic (exact) mass is 385 g/mol. The van der Waals surface area contributed by atoms with Crippen LogP contribution in [0.5, 0.6) is 5.75 Å². The van der Waals surface area contributed by atoms with Gasteiger partial charge in [0.15, 0.2) is 0 Å². The number of hydrogen-bond acceptors (Lipinski definition) is 5. The highest BCUT2D eigenvalue weighted by Gasteiger charge is 2.33. The van der Waals surface area contributed by atoms with Crippen molar-refractivity contribution in [2.24, 2.45) is 10.1 Å². The number of anilines is 1. The maximum atomic E-state index is 12.4. The van der Waals surface area contributed by atoms with E-state index in [0.29, 0.717) is 0 Å². The molecule has 1 heterocycles. The van der Waals surface area contributed by atoms with Crippen molar-refractivity contribution in [3.63, 3.8) is 0 Å². The van der Waals surface area contributed by atoms with E-state index < -0.39 is 28.0 Å². The van der Waals surface area contributed by atoms with Gasteiger partial charge in [0.05, 0.1) is 16.3 Å². The predicted molar refractivity (Wildman–Crippen MR) is 85.8 cm³/mol. The number of aliphatic imine (C=N–C) groups is 1. The first kappa shape index (κ1) is 17.9. The maximum absolute atomic E-state index is 12.4. The largest absolute Gasteiger partial charge is 0.573 e. The molecule has 1 aliphatic heterocycles. The average molecular weight is 385 g/mol. The molecule has 3 rings (SSSR count). The molecule has 1 amide bonds. The number of nitrogens with one attached hydrogen (secondary N) is 1. The minimum atomic E-state index is -4.87. The molecule has 0 atom stereocenters. The number of sulfonamides is 1. The molecular formula is C15H10F3N3O4S. The number of hydrogen-bond donors (Lipinski definition) is 2. The maximum Gasteiger partial charge on any atom is 0.573 e. The lowest BCUT2D eigenvalue weighted by Gasteiger charge is -2.09. The SMILES string of the molecule is NS(=O)(=O)c1ccc(N=C2C(=O)Nc3ccc(OC(F)(F)F)cc32)cc1. The summed E-state index contributed by atoms with van der Waals surface area (Å²) in [5.41, 5.74) is 0.505. The molecule has 0 spiro atoms. The van der Waals surface area contributed by atoms with Crippen LogP contribution < -0.4 is 15.2 Å². The van der Waals surface area contributed by atoms with E-state index in [4.69, 9.17) is 5.14 Å². The fourth-order valence-corrected chi connectivity index (χ4v) is 2.80. The van der Waals surface area contributed by atoms with Gasteiger partial charge in [-0.05, 0) is 42.5 Å². The molecule has 11 heteroatoms. The molecule has 26 heavy (non-hydrogen) atoms. The number of fused-ring (bicyclic) bond motifs is 1. The topological polar surface area (TPSA) is 111 Å². The molecule has 0 aromatic heterocycles. The van der Waals surface area contributed by atoms with E-state index in [9.17, 15) is 26.4 Å². The van der Waals surface area contributed by atoms with Crippen LogP contribution in [0.25, 0.3) is 0 Å². The van der Waals surface area contributed by atoms with Crippen LogP contribution in [-0.4, -0.2) is 26.4 Å². The number of carbonyl (C=O) groups is 1. The quantitative estimate of drug-likeness (QED) is 0.844. The third-order valence-corrected chi connectivity index (χ3v) is 4.28. The Morgan fingerprint density at radius 1 is 1.08 bits per heavy atom. The second-order valence-electron chi connectivity index (χ2n) is 5.21. The van der Waals surface area contributed by atoms with Crippen LogP contribution in [0.2, 0.25) is 0 Å². The Kier molecular flexibility index (Phi) is 4.20. The second kappa shape index (κ2) is 6.11. The van der Waals surface area contributed by atoms with Gasteiger partial charge in [-0.1, -0.05) is 0 Å². The van der Waals surface area contributed by atoms with Gasteiger partial charge in [0, 0.05) is 5.56 Å². The van der Waals surface area contributed by atoms with E-state index in [1.165, 1.54) is 30.3 Å². The van der Waals surface area contributed by atoms with Crippen LogP contribution in [0, 0.1) is 0 Å². The summed E-state index contributed by atoms with van der Waals surface area (Å²) in [5, 5.41) is 7.46. The average Bonchev–Trinajstić information content (AvgIpc) is 2.81. The van der Waals surface area contributed by atoms with Gasteiger partial charge in [0.25, 0.3) is 5.91 Å². The van der Waals surface area contributed by atoms with Crippen LogP contribution >= 0.6 is 0 Å². The molecule has 1 aliphatic rings. The number of rotatable bonds is 3. The van der Waals surface area contributed by atoms with Gasteiger partial charge >= 0.3 is 6.36 Å². The van der Waals surface area contributed by atoms with Gasteiger partial charge in [0.2, 0.25) is 10.0 Å². The number of nitrogens with zero attached hydrogens (tertiary/aromatic N) is 1. The Bertz CT molecular complexity index is 1020. The molecular weight excluding hydrogens is 375 g/mol. The van der Waals surface area contributed by atoms with Crippen LogP contribution in [0.1, 0.15) is 5.56 Å². The zero-order valence-corrected chi connectivity index (χ0v) is 13.6. The van der Waals surface area contributed by atoms with Gasteiger partial charge in [0.1, 0.15) is 11.5 Å². The van der Waals surface area contributed by atoms with Crippen molar-refractivity contribution < 1.29 is 31.1 Å². The lowest BCUT2D eigenvalue weighted by molar-refractivity contribution is -0.274. The number of halogens is 3. The molecule has 3 N–H and O–H groups in total. The fraction of sp³-hybridized carbons (Fsp3) is 0.0667. The molecule has 0 aliphatic carbocycles. The first-order valence-electron chi connectivity index (χ1n) is 6.96. The standard InChI is InChI=1S/C15H10F3N3O4S/c16-15(17,18)25-9-3-6-12-11(7-9)13(14(22)21-12)20-8-1-4-10(5-2-8)26(19,23)24/h1-7H,(H2,19,23,24)(H,20,21,22). The number of alkyl halides is 3. The Morgan fingerprint density at radius 2 is 1.73 bits per heavy atom. The third-order valence-electron chi connectivity index (χ3n) is 3.35. The summed E-state index contributed by atoms with van der Waals surface area (Å²) in [7, 11) is -3.88. The Labute approximate surface area is 145 Å². The van der Waals surface area contributed by atoms with Crippen molar-refractivity contribution in [3.05, 3.63) is 48.0 Å². The zero-order chi connectivity index (χ0) is 19.1. The first-order valence-corrected chi connectivity index (χ1v) is 8.51. The third kappa shape index (κ3) is 3.83. The molecule has 7 nitrogen and oxygen atoms in total. The summed E-state index contributed by atoms with van der Waals surface area (Å²) in [4.78, 5) is 16.0. The van der Waals surface area contributed by atoms with E-state index in [1.807, 2.05) is 0 Å². The first-order chi connectivity index (χ1) is 12.0. The molecule has 2 aromatic rings. The van der Waals surface area contributed by atoms with Crippen molar-refractivity contribution in [3.8, 4) is 5.75 Å². The lowest BCUT2D eigenvalue weighted by atomic mass is 10.1. The molecule has 0 bridgehead atoms. The number of carbonyl (C=O) groups excluding carboxylic acids is 1. The Balaban J connectivity index is 1.98. The Hall–Kier alpha value is -2.92. The highest BCUT2D eigenvalue weighted by molar-refractivity contribution is 7.89. The highest BCUT2D eigenvalue weighted by atomic mass is 32.2. The second-order valence-corrected chi connectivity index (χ2v) is 6.77. The van der Waals surface area contributed by atoms with E-state index in [0.717, 1.165) is 12.1 Å². The summed E-state index contributed by atoms with van der Waals surface area (Å²) in [5.74, 6) is -1.11. The minimum absolute atomic E-state index is 0.129. The van der Waals surface area contributed by atoms with Crippen molar-refractivity contribution in [1.82, 2.24) is 0 Å². The summed E-state index contributed by atoms with van der Waals surface area (Å²) in [6, 6.07) is 8.40. The minimum Gasteiger partial charge on any atom is -0.406 e. The Morgan fingerprint density at radius 3 is 2.31 bits per heavy atom. The number of nitrogens with two attached hydrogens (primary N) is 1. The van der Waals surface area contributed by atoms with Crippen molar-refractivity contribution >= 4 is 33.0 Å². The molecule has 0 fully saturated rings. The summed E-state index contributed by atoms with van der Waals surface area (Å²) >= 11 is 0. The molecule has 2 aromatic carbocycles. The van der Waals surface area contributed by atoms with E-state index in [-0.39, 0.29) is 27.5 Å². The van der Waals surface area contributed by atoms with E-state index in [1.54, 1.807) is 0 Å². The van der Waals surface area contributed by atoms with Gasteiger partial charge in [-0.3, -0.25) is 4.79 Å².